The number of esters is 1. The number of aromatic nitrogens is 2. The lowest BCUT2D eigenvalue weighted by atomic mass is 10.0. The Morgan fingerprint density at radius 1 is 0.969 bits per heavy atom. The number of benzene rings is 2. The zero-order chi connectivity index (χ0) is 22.9. The predicted molar refractivity (Wildman–Crippen MR) is 124 cm³/mol. The first-order valence-electron chi connectivity index (χ1n) is 10.6. The average Bonchev–Trinajstić information content (AvgIpc) is 2.81. The Morgan fingerprint density at radius 2 is 1.69 bits per heavy atom. The largest absolute Gasteiger partial charge is 0.467 e. The van der Waals surface area contributed by atoms with Crippen molar-refractivity contribution in [3.05, 3.63) is 66.0 Å². The molecule has 2 amide bonds. The molecule has 0 aliphatic heterocycles. The Kier molecular flexibility index (Phi) is 7.96. The van der Waals surface area contributed by atoms with E-state index in [2.05, 4.69) is 25.9 Å². The SMILES string of the molecule is COC(=O)[C@@H](Nc1nc(CNC(=O)NCCc2ccccc2)nc2ccccc12)C(C)C. The maximum absolute atomic E-state index is 12.2. The standard InChI is InChI=1S/C24H29N5O3/c1-16(2)21(23(30)32-3)29-22-18-11-7-8-12-19(18)27-20(28-22)15-26-24(31)25-14-13-17-9-5-4-6-10-17/h4-12,16,21H,13-15H2,1-3H3,(H2,25,26,31)(H,27,28,29)/t21-/m0/s1. The van der Waals surface area contributed by atoms with E-state index in [9.17, 15) is 9.59 Å². The number of anilines is 1. The van der Waals surface area contributed by atoms with Crippen LogP contribution in [0.2, 0.25) is 0 Å². The van der Waals surface area contributed by atoms with Gasteiger partial charge in [-0.15, -0.1) is 0 Å². The molecule has 32 heavy (non-hydrogen) atoms. The maximum Gasteiger partial charge on any atom is 0.328 e. The molecule has 0 fully saturated rings. The molecule has 0 radical (unpaired) electrons. The van der Waals surface area contributed by atoms with Gasteiger partial charge < -0.3 is 20.7 Å². The highest BCUT2D eigenvalue weighted by Crippen LogP contribution is 2.22. The summed E-state index contributed by atoms with van der Waals surface area (Å²) >= 11 is 0. The third-order valence-corrected chi connectivity index (χ3v) is 5.01. The summed E-state index contributed by atoms with van der Waals surface area (Å²) in [6, 6.07) is 16.6. The normalized spacial score (nSPS) is 11.8. The molecule has 168 valence electrons. The number of carbonyl (C=O) groups excluding carboxylic acids is 2. The first kappa shape index (κ1) is 23.0. The van der Waals surface area contributed by atoms with Crippen LogP contribution in [0.3, 0.4) is 0 Å². The monoisotopic (exact) mass is 435 g/mol. The number of para-hydroxylation sites is 1. The smallest absolute Gasteiger partial charge is 0.328 e. The minimum absolute atomic E-state index is 0.00635. The quantitative estimate of drug-likeness (QED) is 0.446. The Hall–Kier alpha value is -3.68. The van der Waals surface area contributed by atoms with Crippen molar-refractivity contribution in [2.45, 2.75) is 32.9 Å². The van der Waals surface area contributed by atoms with Gasteiger partial charge >= 0.3 is 12.0 Å². The molecule has 3 aromatic rings. The molecule has 8 heteroatoms. The van der Waals surface area contributed by atoms with E-state index in [1.165, 1.54) is 7.11 Å². The number of nitrogens with zero attached hydrogens (tertiary/aromatic N) is 2. The molecule has 8 nitrogen and oxygen atoms in total. The van der Waals surface area contributed by atoms with Crippen molar-refractivity contribution in [2.24, 2.45) is 5.92 Å². The first-order chi connectivity index (χ1) is 15.5. The summed E-state index contributed by atoms with van der Waals surface area (Å²) in [7, 11) is 1.36. The lowest BCUT2D eigenvalue weighted by molar-refractivity contribution is -0.142. The second-order valence-electron chi connectivity index (χ2n) is 7.74. The van der Waals surface area contributed by atoms with Crippen molar-refractivity contribution >= 4 is 28.7 Å². The van der Waals surface area contributed by atoms with Crippen LogP contribution in [-0.2, 0) is 22.5 Å². The molecule has 0 bridgehead atoms. The molecule has 0 unspecified atom stereocenters. The summed E-state index contributed by atoms with van der Waals surface area (Å²) in [6.07, 6.45) is 0.749. The summed E-state index contributed by atoms with van der Waals surface area (Å²) in [4.78, 5) is 33.5. The molecule has 0 aliphatic carbocycles. The van der Waals surface area contributed by atoms with Gasteiger partial charge in [-0.05, 0) is 30.0 Å². The Balaban J connectivity index is 1.67. The summed E-state index contributed by atoms with van der Waals surface area (Å²) in [6.45, 7) is 4.54. The molecule has 0 saturated heterocycles. The van der Waals surface area contributed by atoms with E-state index >= 15 is 0 Å². The number of ether oxygens (including phenoxy) is 1. The van der Waals surface area contributed by atoms with E-state index in [-0.39, 0.29) is 24.5 Å². The topological polar surface area (TPSA) is 105 Å². The second-order valence-corrected chi connectivity index (χ2v) is 7.74. The van der Waals surface area contributed by atoms with Gasteiger partial charge in [0, 0.05) is 11.9 Å². The minimum Gasteiger partial charge on any atom is -0.467 e. The molecule has 0 spiro atoms. The van der Waals surface area contributed by atoms with Crippen molar-refractivity contribution in [1.29, 1.82) is 0 Å². The fourth-order valence-electron chi connectivity index (χ4n) is 3.27. The van der Waals surface area contributed by atoms with Crippen LogP contribution < -0.4 is 16.0 Å². The second kappa shape index (κ2) is 11.1. The van der Waals surface area contributed by atoms with Crippen molar-refractivity contribution in [3.8, 4) is 0 Å². The van der Waals surface area contributed by atoms with E-state index in [0.29, 0.717) is 18.2 Å². The zero-order valence-corrected chi connectivity index (χ0v) is 18.6. The number of nitrogens with one attached hydrogen (secondary N) is 3. The van der Waals surface area contributed by atoms with Gasteiger partial charge in [-0.25, -0.2) is 19.6 Å². The van der Waals surface area contributed by atoms with E-state index in [0.717, 1.165) is 22.9 Å². The number of carbonyl (C=O) groups is 2. The maximum atomic E-state index is 12.2. The highest BCUT2D eigenvalue weighted by atomic mass is 16.5. The number of methoxy groups -OCH3 is 1. The number of amides is 2. The summed E-state index contributed by atoms with van der Waals surface area (Å²) in [5.41, 5.74) is 1.88. The van der Waals surface area contributed by atoms with Crippen LogP contribution in [0.15, 0.2) is 54.6 Å². The highest BCUT2D eigenvalue weighted by molar-refractivity contribution is 5.91. The lowest BCUT2D eigenvalue weighted by Gasteiger charge is -2.21. The van der Waals surface area contributed by atoms with Crippen LogP contribution in [0.4, 0.5) is 10.6 Å². The van der Waals surface area contributed by atoms with Crippen LogP contribution >= 0.6 is 0 Å². The molecule has 0 saturated carbocycles. The van der Waals surface area contributed by atoms with Crippen LogP contribution in [-0.4, -0.2) is 41.7 Å². The van der Waals surface area contributed by atoms with Crippen molar-refractivity contribution in [2.75, 3.05) is 19.0 Å². The Morgan fingerprint density at radius 3 is 2.41 bits per heavy atom. The molecule has 0 aliphatic rings. The van der Waals surface area contributed by atoms with Crippen LogP contribution in [0.25, 0.3) is 10.9 Å². The summed E-state index contributed by atoms with van der Waals surface area (Å²) in [5.74, 6) is 0.603. The third kappa shape index (κ3) is 6.16. The van der Waals surface area contributed by atoms with Crippen LogP contribution in [0, 0.1) is 5.92 Å². The number of urea groups is 1. The van der Waals surface area contributed by atoms with Gasteiger partial charge in [0.25, 0.3) is 0 Å². The van der Waals surface area contributed by atoms with Crippen molar-refractivity contribution < 1.29 is 14.3 Å². The molecule has 3 N–H and O–H groups in total. The minimum atomic E-state index is -0.555. The Labute approximate surface area is 187 Å². The van der Waals surface area contributed by atoms with Gasteiger partial charge in [-0.2, -0.15) is 0 Å². The van der Waals surface area contributed by atoms with Crippen LogP contribution in [0.1, 0.15) is 25.2 Å². The predicted octanol–water partition coefficient (Wildman–Crippen LogP) is 3.28. The van der Waals surface area contributed by atoms with Crippen molar-refractivity contribution in [1.82, 2.24) is 20.6 Å². The van der Waals surface area contributed by atoms with Gasteiger partial charge in [0.1, 0.15) is 11.9 Å². The molecule has 1 atom stereocenters. The Bertz CT molecular complexity index is 1060. The molecular weight excluding hydrogens is 406 g/mol. The number of hydrogen-bond acceptors (Lipinski definition) is 6. The molecule has 2 aromatic carbocycles. The molecular formula is C24H29N5O3. The van der Waals surface area contributed by atoms with Gasteiger partial charge in [0.2, 0.25) is 0 Å². The third-order valence-electron chi connectivity index (χ3n) is 5.01. The lowest BCUT2D eigenvalue weighted by Crippen LogP contribution is -2.37. The van der Waals surface area contributed by atoms with E-state index in [1.54, 1.807) is 0 Å². The van der Waals surface area contributed by atoms with Gasteiger partial charge in [0.15, 0.2) is 5.82 Å². The highest BCUT2D eigenvalue weighted by Gasteiger charge is 2.24. The molecule has 3 rings (SSSR count). The van der Waals surface area contributed by atoms with Gasteiger partial charge in [0.05, 0.1) is 19.2 Å². The summed E-state index contributed by atoms with van der Waals surface area (Å²) < 4.78 is 4.93. The van der Waals surface area contributed by atoms with E-state index < -0.39 is 6.04 Å². The molecule has 1 aromatic heterocycles. The molecule has 1 heterocycles. The van der Waals surface area contributed by atoms with Gasteiger partial charge in [-0.1, -0.05) is 56.3 Å². The summed E-state index contributed by atoms with van der Waals surface area (Å²) in [5, 5.41) is 9.62. The fraction of sp³-hybridized carbons (Fsp3) is 0.333. The van der Waals surface area contributed by atoms with E-state index in [4.69, 9.17) is 4.74 Å². The first-order valence-corrected chi connectivity index (χ1v) is 10.6. The number of rotatable bonds is 9. The van der Waals surface area contributed by atoms with Crippen LogP contribution in [0.5, 0.6) is 0 Å². The fourth-order valence-corrected chi connectivity index (χ4v) is 3.27. The zero-order valence-electron chi connectivity index (χ0n) is 18.6. The number of fused-ring (bicyclic) bond motifs is 1. The average molecular weight is 436 g/mol. The number of hydrogen-bond donors (Lipinski definition) is 3. The van der Waals surface area contributed by atoms with Crippen molar-refractivity contribution in [3.63, 3.8) is 0 Å². The van der Waals surface area contributed by atoms with Gasteiger partial charge in [-0.3, -0.25) is 0 Å². The van der Waals surface area contributed by atoms with E-state index in [1.807, 2.05) is 68.4 Å².